The molecule has 3 saturated heterocycles. The highest BCUT2D eigenvalue weighted by atomic mass is 16.5. The van der Waals surface area contributed by atoms with E-state index < -0.39 is 0 Å². The molecule has 0 N–H and O–H groups in total. The average molecular weight is 465 g/mol. The molecule has 3 aliphatic heterocycles. The van der Waals surface area contributed by atoms with Gasteiger partial charge in [0, 0.05) is 49.6 Å². The molecule has 2 atom stereocenters. The topological polar surface area (TPSA) is 33.5 Å². The number of benzene rings is 1. The van der Waals surface area contributed by atoms with E-state index in [0.29, 0.717) is 29.8 Å². The number of piperidine rings is 2. The van der Waals surface area contributed by atoms with Gasteiger partial charge in [-0.3, -0.25) is 9.47 Å². The van der Waals surface area contributed by atoms with Crippen LogP contribution in [0.2, 0.25) is 0 Å². The molecule has 6 rings (SSSR count). The summed E-state index contributed by atoms with van der Waals surface area (Å²) in [5.74, 6) is 0. The maximum absolute atomic E-state index is 6.76. The quantitative estimate of drug-likeness (QED) is 0.541. The minimum atomic E-state index is 0.304. The summed E-state index contributed by atoms with van der Waals surface area (Å²) >= 11 is 0. The molecule has 186 valence electrons. The van der Waals surface area contributed by atoms with Gasteiger partial charge in [0.25, 0.3) is 6.01 Å². The number of hydrogen-bond donors (Lipinski definition) is 0. The van der Waals surface area contributed by atoms with E-state index in [4.69, 9.17) is 9.72 Å². The largest absolute Gasteiger partial charge is 0.461 e. The van der Waals surface area contributed by atoms with Crippen LogP contribution in [0.15, 0.2) is 24.3 Å². The number of para-hydroxylation sites is 2. The van der Waals surface area contributed by atoms with Crippen molar-refractivity contribution >= 4 is 11.0 Å². The van der Waals surface area contributed by atoms with Crippen molar-refractivity contribution in [1.29, 1.82) is 0 Å². The lowest BCUT2D eigenvalue weighted by molar-refractivity contribution is 0.0366. The maximum atomic E-state index is 6.76. The summed E-state index contributed by atoms with van der Waals surface area (Å²) in [6.07, 6.45) is 17.5. The summed E-state index contributed by atoms with van der Waals surface area (Å²) in [6, 6.07) is 11.4. The van der Waals surface area contributed by atoms with Crippen molar-refractivity contribution in [3.05, 3.63) is 24.3 Å². The van der Waals surface area contributed by atoms with Crippen LogP contribution < -0.4 is 4.74 Å². The Hall–Kier alpha value is -1.59. The van der Waals surface area contributed by atoms with Crippen molar-refractivity contribution in [2.45, 2.75) is 120 Å². The number of nitrogens with zero attached hydrogens (tertiary/aromatic N) is 4. The first-order valence-corrected chi connectivity index (χ1v) is 14.2. The van der Waals surface area contributed by atoms with Crippen LogP contribution in [0.4, 0.5) is 0 Å². The lowest BCUT2D eigenvalue weighted by Crippen LogP contribution is -2.50. The first kappa shape index (κ1) is 22.8. The fraction of sp³-hybridized carbons (Fsp3) is 0.759. The summed E-state index contributed by atoms with van der Waals surface area (Å²) in [7, 11) is 2.30. The molecule has 1 aliphatic carbocycles. The van der Waals surface area contributed by atoms with Gasteiger partial charge >= 0.3 is 0 Å². The molecule has 5 heteroatoms. The zero-order valence-electron chi connectivity index (χ0n) is 21.4. The molecule has 0 spiro atoms. The third-order valence-corrected chi connectivity index (χ3v) is 9.91. The van der Waals surface area contributed by atoms with Crippen molar-refractivity contribution in [2.75, 3.05) is 20.1 Å². The second-order valence-electron chi connectivity index (χ2n) is 12.0. The van der Waals surface area contributed by atoms with Gasteiger partial charge in [0.15, 0.2) is 0 Å². The van der Waals surface area contributed by atoms with Gasteiger partial charge in [0.1, 0.15) is 6.10 Å². The van der Waals surface area contributed by atoms with Gasteiger partial charge in [-0.2, -0.15) is 4.98 Å². The van der Waals surface area contributed by atoms with E-state index in [0.717, 1.165) is 24.4 Å². The Bertz CT molecular complexity index is 956. The lowest BCUT2D eigenvalue weighted by atomic mass is 9.82. The Balaban J connectivity index is 1.20. The fourth-order valence-corrected chi connectivity index (χ4v) is 7.71. The van der Waals surface area contributed by atoms with Crippen molar-refractivity contribution in [2.24, 2.45) is 0 Å². The summed E-state index contributed by atoms with van der Waals surface area (Å²) in [5, 5.41) is 0. The monoisotopic (exact) mass is 464 g/mol. The van der Waals surface area contributed by atoms with Crippen molar-refractivity contribution < 1.29 is 4.74 Å². The zero-order chi connectivity index (χ0) is 23.1. The second-order valence-corrected chi connectivity index (χ2v) is 12.0. The number of aromatic nitrogens is 2. The number of ether oxygens (including phenoxy) is 1. The standard InChI is InChI=1S/C29H44N4O/c1-29(16-8-4-3-5-9-17-29)32-18-14-22(15-19-32)33-27-11-7-6-10-26(27)30-28(33)34-25-20-23-12-13-24(21-25)31(23)2/h6-7,10-11,22-25H,3-5,8-9,12-21H2,1-2H3. The summed E-state index contributed by atoms with van der Waals surface area (Å²) in [4.78, 5) is 10.5. The first-order valence-electron chi connectivity index (χ1n) is 14.2. The normalized spacial score (nSPS) is 31.4. The third-order valence-electron chi connectivity index (χ3n) is 9.91. The van der Waals surface area contributed by atoms with Crippen LogP contribution in [0.25, 0.3) is 11.0 Å². The van der Waals surface area contributed by atoms with E-state index in [9.17, 15) is 0 Å². The van der Waals surface area contributed by atoms with Crippen LogP contribution >= 0.6 is 0 Å². The van der Waals surface area contributed by atoms with Crippen LogP contribution in [-0.2, 0) is 0 Å². The Morgan fingerprint density at radius 1 is 0.853 bits per heavy atom. The zero-order valence-corrected chi connectivity index (χ0v) is 21.4. The van der Waals surface area contributed by atoms with Gasteiger partial charge in [0.2, 0.25) is 0 Å². The molecule has 34 heavy (non-hydrogen) atoms. The highest BCUT2D eigenvalue weighted by Crippen LogP contribution is 2.40. The Kier molecular flexibility index (Phi) is 6.36. The van der Waals surface area contributed by atoms with Gasteiger partial charge in [0.05, 0.1) is 11.0 Å². The van der Waals surface area contributed by atoms with Gasteiger partial charge < -0.3 is 9.64 Å². The van der Waals surface area contributed by atoms with Crippen LogP contribution in [0.5, 0.6) is 6.01 Å². The molecule has 1 aromatic carbocycles. The highest BCUT2D eigenvalue weighted by Gasteiger charge is 2.40. The van der Waals surface area contributed by atoms with Crippen LogP contribution in [0.3, 0.4) is 0 Å². The van der Waals surface area contributed by atoms with Crippen molar-refractivity contribution in [1.82, 2.24) is 19.4 Å². The predicted octanol–water partition coefficient (Wildman–Crippen LogP) is 6.18. The van der Waals surface area contributed by atoms with E-state index in [1.807, 2.05) is 0 Å². The number of hydrogen-bond acceptors (Lipinski definition) is 4. The molecule has 0 amide bonds. The van der Waals surface area contributed by atoms with Crippen LogP contribution in [0.1, 0.15) is 96.4 Å². The van der Waals surface area contributed by atoms with Crippen molar-refractivity contribution in [3.8, 4) is 6.01 Å². The summed E-state index contributed by atoms with van der Waals surface area (Å²) < 4.78 is 9.24. The van der Waals surface area contributed by atoms with E-state index >= 15 is 0 Å². The molecule has 0 radical (unpaired) electrons. The van der Waals surface area contributed by atoms with Crippen LogP contribution in [-0.4, -0.2) is 63.2 Å². The van der Waals surface area contributed by atoms with Gasteiger partial charge in [-0.25, -0.2) is 0 Å². The fourth-order valence-electron chi connectivity index (χ4n) is 7.71. The number of likely N-dealkylation sites (tertiary alicyclic amines) is 1. The third kappa shape index (κ3) is 4.28. The molecule has 2 bridgehead atoms. The molecule has 4 fully saturated rings. The Labute approximate surface area is 205 Å². The highest BCUT2D eigenvalue weighted by molar-refractivity contribution is 5.76. The molecule has 4 heterocycles. The number of imidazole rings is 1. The van der Waals surface area contributed by atoms with Crippen molar-refractivity contribution in [3.63, 3.8) is 0 Å². The lowest BCUT2D eigenvalue weighted by Gasteiger charge is -2.46. The van der Waals surface area contributed by atoms with Crippen LogP contribution in [0, 0.1) is 0 Å². The molecule has 1 aromatic heterocycles. The van der Waals surface area contributed by atoms with Gasteiger partial charge in [-0.05, 0) is 64.6 Å². The average Bonchev–Trinajstić information content (AvgIpc) is 3.27. The smallest absolute Gasteiger partial charge is 0.297 e. The molecule has 2 aromatic rings. The molecular weight excluding hydrogens is 420 g/mol. The van der Waals surface area contributed by atoms with E-state index in [1.54, 1.807) is 0 Å². The minimum Gasteiger partial charge on any atom is -0.461 e. The van der Waals surface area contributed by atoms with E-state index in [-0.39, 0.29) is 0 Å². The summed E-state index contributed by atoms with van der Waals surface area (Å²) in [6.45, 7) is 4.95. The molecule has 2 unspecified atom stereocenters. The predicted molar refractivity (Wildman–Crippen MR) is 139 cm³/mol. The molecule has 1 saturated carbocycles. The second kappa shape index (κ2) is 9.46. The minimum absolute atomic E-state index is 0.304. The number of fused-ring (bicyclic) bond motifs is 3. The SMILES string of the molecule is CN1C2CCC1CC(Oc1nc3ccccc3n1C1CCN(C3(C)CCCCCCC3)CC1)C2. The summed E-state index contributed by atoms with van der Waals surface area (Å²) in [5.41, 5.74) is 2.74. The molecular formula is C29H44N4O. The number of rotatable bonds is 4. The first-order chi connectivity index (χ1) is 16.6. The molecule has 4 aliphatic rings. The Morgan fingerprint density at radius 3 is 2.21 bits per heavy atom. The van der Waals surface area contributed by atoms with Gasteiger partial charge in [-0.15, -0.1) is 0 Å². The Morgan fingerprint density at radius 2 is 1.50 bits per heavy atom. The maximum Gasteiger partial charge on any atom is 0.297 e. The van der Waals surface area contributed by atoms with E-state index in [1.165, 1.54) is 89.2 Å². The van der Waals surface area contributed by atoms with E-state index in [2.05, 4.69) is 52.6 Å². The molecule has 5 nitrogen and oxygen atoms in total. The van der Waals surface area contributed by atoms with Gasteiger partial charge in [-0.1, -0.05) is 44.2 Å².